The standard InChI is InChI=1S/C22H33ClN6O2.HI/c1-4-24-22(26-13-19-15-29(10-11-30-19)14-16(2)3)25-9-8-20-27-21(28-31-20)17-6-5-7-18(23)12-17;/h5-7,12,16,19H,4,8-11,13-15H2,1-3H3,(H2,24,25,26);1H. The fourth-order valence-corrected chi connectivity index (χ4v) is 3.69. The number of halogens is 2. The molecule has 1 aliphatic rings. The second kappa shape index (κ2) is 14.0. The molecule has 8 nitrogen and oxygen atoms in total. The molecule has 32 heavy (non-hydrogen) atoms. The topological polar surface area (TPSA) is 87.8 Å². The summed E-state index contributed by atoms with van der Waals surface area (Å²) >= 11 is 6.04. The summed E-state index contributed by atoms with van der Waals surface area (Å²) in [5.74, 6) is 2.53. The van der Waals surface area contributed by atoms with Gasteiger partial charge in [0.05, 0.1) is 19.3 Å². The molecule has 1 atom stereocenters. The number of morpholine rings is 1. The zero-order valence-corrected chi connectivity index (χ0v) is 22.1. The summed E-state index contributed by atoms with van der Waals surface area (Å²) in [6.45, 7) is 12.4. The van der Waals surface area contributed by atoms with Gasteiger partial charge in [-0.05, 0) is 25.0 Å². The molecule has 0 bridgehead atoms. The van der Waals surface area contributed by atoms with Gasteiger partial charge in [0.1, 0.15) is 0 Å². The number of ether oxygens (including phenoxy) is 1. The van der Waals surface area contributed by atoms with Gasteiger partial charge in [-0.2, -0.15) is 4.98 Å². The molecule has 1 unspecified atom stereocenters. The maximum absolute atomic E-state index is 6.04. The van der Waals surface area contributed by atoms with E-state index >= 15 is 0 Å². The molecular weight excluding hydrogens is 543 g/mol. The van der Waals surface area contributed by atoms with Crippen molar-refractivity contribution < 1.29 is 9.26 Å². The Labute approximate surface area is 212 Å². The van der Waals surface area contributed by atoms with Crippen LogP contribution in [0.1, 0.15) is 26.7 Å². The molecule has 1 aromatic heterocycles. The van der Waals surface area contributed by atoms with Crippen LogP contribution < -0.4 is 10.6 Å². The number of hydrogen-bond donors (Lipinski definition) is 2. The van der Waals surface area contributed by atoms with Gasteiger partial charge in [-0.15, -0.1) is 24.0 Å². The predicted octanol–water partition coefficient (Wildman–Crippen LogP) is 3.46. The fourth-order valence-electron chi connectivity index (χ4n) is 3.50. The van der Waals surface area contributed by atoms with Crippen molar-refractivity contribution in [1.29, 1.82) is 0 Å². The van der Waals surface area contributed by atoms with Gasteiger partial charge < -0.3 is 19.9 Å². The highest BCUT2D eigenvalue weighted by atomic mass is 127. The molecule has 1 saturated heterocycles. The molecule has 178 valence electrons. The summed E-state index contributed by atoms with van der Waals surface area (Å²) in [6.07, 6.45) is 0.722. The van der Waals surface area contributed by atoms with E-state index in [9.17, 15) is 0 Å². The van der Waals surface area contributed by atoms with Gasteiger partial charge in [0.2, 0.25) is 11.7 Å². The number of hydrogen-bond acceptors (Lipinski definition) is 6. The highest BCUT2D eigenvalue weighted by molar-refractivity contribution is 14.0. The van der Waals surface area contributed by atoms with E-state index < -0.39 is 0 Å². The number of rotatable bonds is 9. The third kappa shape index (κ3) is 8.84. The Kier molecular flexibility index (Phi) is 11.7. The summed E-state index contributed by atoms with van der Waals surface area (Å²) in [5.41, 5.74) is 0.837. The van der Waals surface area contributed by atoms with Crippen LogP contribution in [0.15, 0.2) is 33.8 Å². The average molecular weight is 577 g/mol. The first-order chi connectivity index (χ1) is 15.0. The second-order valence-electron chi connectivity index (χ2n) is 8.06. The van der Waals surface area contributed by atoms with E-state index in [4.69, 9.17) is 25.9 Å². The lowest BCUT2D eigenvalue weighted by atomic mass is 10.2. The van der Waals surface area contributed by atoms with Crippen molar-refractivity contribution in [3.63, 3.8) is 0 Å². The maximum atomic E-state index is 6.04. The van der Waals surface area contributed by atoms with Gasteiger partial charge in [0, 0.05) is 49.7 Å². The Hall–Kier alpha value is -1.43. The van der Waals surface area contributed by atoms with Crippen molar-refractivity contribution in [2.24, 2.45) is 10.9 Å². The number of aromatic nitrogens is 2. The first-order valence-corrected chi connectivity index (χ1v) is 11.4. The molecule has 0 aliphatic carbocycles. The molecular formula is C22H34ClIN6O2. The Morgan fingerprint density at radius 3 is 2.94 bits per heavy atom. The van der Waals surface area contributed by atoms with Crippen molar-refractivity contribution in [3.05, 3.63) is 35.2 Å². The van der Waals surface area contributed by atoms with Crippen LogP contribution in [0.25, 0.3) is 11.4 Å². The molecule has 10 heteroatoms. The van der Waals surface area contributed by atoms with Crippen LogP contribution in [0, 0.1) is 5.92 Å². The molecule has 2 N–H and O–H groups in total. The lowest BCUT2D eigenvalue weighted by molar-refractivity contribution is -0.0261. The highest BCUT2D eigenvalue weighted by Crippen LogP contribution is 2.19. The average Bonchev–Trinajstić information content (AvgIpc) is 3.21. The summed E-state index contributed by atoms with van der Waals surface area (Å²) in [5, 5.41) is 11.3. The van der Waals surface area contributed by atoms with Crippen molar-refractivity contribution >= 4 is 41.5 Å². The smallest absolute Gasteiger partial charge is 0.228 e. The fraction of sp³-hybridized carbons (Fsp3) is 0.591. The van der Waals surface area contributed by atoms with Crippen molar-refractivity contribution in [3.8, 4) is 11.4 Å². The van der Waals surface area contributed by atoms with E-state index in [0.29, 0.717) is 42.2 Å². The maximum Gasteiger partial charge on any atom is 0.228 e. The zero-order chi connectivity index (χ0) is 22.1. The van der Waals surface area contributed by atoms with E-state index in [0.717, 1.165) is 44.3 Å². The Balaban J connectivity index is 0.00000363. The number of aliphatic imine (C=N–C) groups is 1. The Morgan fingerprint density at radius 2 is 2.19 bits per heavy atom. The molecule has 2 heterocycles. The first-order valence-electron chi connectivity index (χ1n) is 11.0. The van der Waals surface area contributed by atoms with Gasteiger partial charge in [-0.3, -0.25) is 9.89 Å². The monoisotopic (exact) mass is 576 g/mol. The van der Waals surface area contributed by atoms with Crippen LogP contribution in [-0.2, 0) is 11.2 Å². The van der Waals surface area contributed by atoms with Crippen LogP contribution >= 0.6 is 35.6 Å². The van der Waals surface area contributed by atoms with Crippen LogP contribution in [0.2, 0.25) is 5.02 Å². The van der Waals surface area contributed by atoms with Crippen LogP contribution in [0.3, 0.4) is 0 Å². The predicted molar refractivity (Wildman–Crippen MR) is 139 cm³/mol. The van der Waals surface area contributed by atoms with Crippen LogP contribution in [0.5, 0.6) is 0 Å². The Bertz CT molecular complexity index is 847. The van der Waals surface area contributed by atoms with E-state index in [-0.39, 0.29) is 30.1 Å². The minimum Gasteiger partial charge on any atom is -0.374 e. The van der Waals surface area contributed by atoms with Crippen molar-refractivity contribution in [1.82, 2.24) is 25.7 Å². The number of nitrogens with zero attached hydrogens (tertiary/aromatic N) is 4. The normalized spacial score (nSPS) is 17.3. The van der Waals surface area contributed by atoms with Crippen LogP contribution in [0.4, 0.5) is 0 Å². The highest BCUT2D eigenvalue weighted by Gasteiger charge is 2.20. The molecule has 1 fully saturated rings. The van der Waals surface area contributed by atoms with Crippen LogP contribution in [-0.4, -0.2) is 73.0 Å². The first kappa shape index (κ1) is 26.8. The van der Waals surface area contributed by atoms with Gasteiger partial charge >= 0.3 is 0 Å². The molecule has 3 rings (SSSR count). The summed E-state index contributed by atoms with van der Waals surface area (Å²) in [4.78, 5) is 11.6. The van der Waals surface area contributed by atoms with Gasteiger partial charge in [-0.25, -0.2) is 0 Å². The Morgan fingerprint density at radius 1 is 1.34 bits per heavy atom. The number of guanidine groups is 1. The molecule has 1 aromatic carbocycles. The molecule has 0 saturated carbocycles. The van der Waals surface area contributed by atoms with Gasteiger partial charge in [0.15, 0.2) is 5.96 Å². The summed E-state index contributed by atoms with van der Waals surface area (Å²) in [7, 11) is 0. The number of nitrogens with one attached hydrogen (secondary N) is 2. The molecule has 2 aromatic rings. The molecule has 1 aliphatic heterocycles. The summed E-state index contributed by atoms with van der Waals surface area (Å²) < 4.78 is 11.3. The van der Waals surface area contributed by atoms with E-state index in [1.54, 1.807) is 0 Å². The largest absolute Gasteiger partial charge is 0.374 e. The third-order valence-corrected chi connectivity index (χ3v) is 5.06. The summed E-state index contributed by atoms with van der Waals surface area (Å²) in [6, 6.07) is 7.41. The van der Waals surface area contributed by atoms with E-state index in [1.165, 1.54) is 0 Å². The van der Waals surface area contributed by atoms with Gasteiger partial charge in [0.25, 0.3) is 0 Å². The SMILES string of the molecule is CCNC(=NCC1CN(CC(C)C)CCO1)NCCc1nc(-c2cccc(Cl)c2)no1.I. The lowest BCUT2D eigenvalue weighted by Gasteiger charge is -2.33. The minimum atomic E-state index is 0. The van der Waals surface area contributed by atoms with Gasteiger partial charge in [-0.1, -0.05) is 42.7 Å². The van der Waals surface area contributed by atoms with Crippen molar-refractivity contribution in [2.75, 3.05) is 45.9 Å². The van der Waals surface area contributed by atoms with E-state index in [1.807, 2.05) is 31.2 Å². The number of benzene rings is 1. The van der Waals surface area contributed by atoms with E-state index in [2.05, 4.69) is 39.5 Å². The molecule has 0 radical (unpaired) electrons. The molecule has 0 amide bonds. The second-order valence-corrected chi connectivity index (χ2v) is 8.50. The quantitative estimate of drug-likeness (QED) is 0.269. The third-order valence-electron chi connectivity index (χ3n) is 4.83. The van der Waals surface area contributed by atoms with Crippen molar-refractivity contribution in [2.45, 2.75) is 33.3 Å². The molecule has 0 spiro atoms. The zero-order valence-electron chi connectivity index (χ0n) is 19.0. The minimum absolute atomic E-state index is 0. The lowest BCUT2D eigenvalue weighted by Crippen LogP contribution is -2.46.